The minimum absolute atomic E-state index is 0.0522. The number of aliphatic hydroxyl groups is 1. The van der Waals surface area contributed by atoms with Gasteiger partial charge in [0.1, 0.15) is 24.4 Å². The maximum atomic E-state index is 13.2. The van der Waals surface area contributed by atoms with Gasteiger partial charge in [-0.25, -0.2) is 0 Å². The lowest BCUT2D eigenvalue weighted by Crippen LogP contribution is -2.53. The van der Waals surface area contributed by atoms with Crippen LogP contribution < -0.4 is 26.0 Å². The Labute approximate surface area is 232 Å². The SMILES string of the molecule is O=C1C[C@@H](C(=O)NCc2cccc(CN3CCOCC3)c2)NC(=O)c2ccccc2OCCNC(=O)[C@H](CO)N1. The Morgan fingerprint density at radius 1 is 1.00 bits per heavy atom. The molecule has 214 valence electrons. The highest BCUT2D eigenvalue weighted by Gasteiger charge is 2.28. The van der Waals surface area contributed by atoms with Gasteiger partial charge in [0.15, 0.2) is 0 Å². The van der Waals surface area contributed by atoms with Crippen molar-refractivity contribution in [2.24, 2.45) is 0 Å². The monoisotopic (exact) mass is 553 g/mol. The maximum absolute atomic E-state index is 13.2. The van der Waals surface area contributed by atoms with E-state index in [2.05, 4.69) is 26.2 Å². The molecule has 4 rings (SSSR count). The third-order valence-electron chi connectivity index (χ3n) is 6.60. The number of benzene rings is 2. The second-order valence-electron chi connectivity index (χ2n) is 9.59. The molecule has 5 N–H and O–H groups in total. The van der Waals surface area contributed by atoms with Gasteiger partial charge in [0.05, 0.1) is 38.3 Å². The first-order chi connectivity index (χ1) is 19.4. The average Bonchev–Trinajstić information content (AvgIpc) is 2.97. The minimum Gasteiger partial charge on any atom is -0.491 e. The van der Waals surface area contributed by atoms with Crippen LogP contribution in [-0.2, 0) is 32.2 Å². The average molecular weight is 554 g/mol. The van der Waals surface area contributed by atoms with Crippen molar-refractivity contribution >= 4 is 23.6 Å². The summed E-state index contributed by atoms with van der Waals surface area (Å²) in [4.78, 5) is 53.9. The topological polar surface area (TPSA) is 158 Å². The number of ether oxygens (including phenoxy) is 2. The van der Waals surface area contributed by atoms with Crippen molar-refractivity contribution in [3.63, 3.8) is 0 Å². The van der Waals surface area contributed by atoms with Crippen molar-refractivity contribution < 1.29 is 33.8 Å². The molecule has 2 aromatic carbocycles. The largest absolute Gasteiger partial charge is 0.491 e. The van der Waals surface area contributed by atoms with Gasteiger partial charge in [-0.2, -0.15) is 0 Å². The molecule has 0 aromatic heterocycles. The molecule has 2 aliphatic heterocycles. The van der Waals surface area contributed by atoms with Crippen LogP contribution in [0.5, 0.6) is 5.75 Å². The normalized spacial score (nSPS) is 21.1. The van der Waals surface area contributed by atoms with Gasteiger partial charge < -0.3 is 35.8 Å². The number of fused-ring (bicyclic) bond motifs is 1. The summed E-state index contributed by atoms with van der Waals surface area (Å²) in [5.74, 6) is -2.16. The number of aliphatic hydroxyl groups excluding tert-OH is 1. The van der Waals surface area contributed by atoms with E-state index in [1.54, 1.807) is 24.3 Å². The predicted octanol–water partition coefficient (Wildman–Crippen LogP) is -0.691. The predicted molar refractivity (Wildman–Crippen MR) is 144 cm³/mol. The Morgan fingerprint density at radius 3 is 2.58 bits per heavy atom. The molecule has 12 heteroatoms. The third-order valence-corrected chi connectivity index (χ3v) is 6.60. The van der Waals surface area contributed by atoms with Crippen molar-refractivity contribution in [2.45, 2.75) is 31.6 Å². The first kappa shape index (κ1) is 29.0. The number of hydrogen-bond acceptors (Lipinski definition) is 8. The zero-order valence-corrected chi connectivity index (χ0v) is 22.2. The molecule has 1 saturated heterocycles. The van der Waals surface area contributed by atoms with Gasteiger partial charge in [0.2, 0.25) is 17.7 Å². The summed E-state index contributed by atoms with van der Waals surface area (Å²) < 4.78 is 11.1. The number of hydrogen-bond donors (Lipinski definition) is 5. The molecule has 0 unspecified atom stereocenters. The van der Waals surface area contributed by atoms with Crippen molar-refractivity contribution in [1.82, 2.24) is 26.2 Å². The van der Waals surface area contributed by atoms with Crippen molar-refractivity contribution in [2.75, 3.05) is 46.1 Å². The summed E-state index contributed by atoms with van der Waals surface area (Å²) in [7, 11) is 0. The summed E-state index contributed by atoms with van der Waals surface area (Å²) in [6.07, 6.45) is -0.443. The molecular formula is C28H35N5O7. The fourth-order valence-electron chi connectivity index (χ4n) is 4.48. The Balaban J connectivity index is 1.47. The van der Waals surface area contributed by atoms with Gasteiger partial charge in [0.25, 0.3) is 5.91 Å². The third kappa shape index (κ3) is 8.25. The second kappa shape index (κ2) is 14.4. The molecule has 0 bridgehead atoms. The Kier molecular flexibility index (Phi) is 10.4. The number of carbonyl (C=O) groups is 4. The van der Waals surface area contributed by atoms with Gasteiger partial charge in [0, 0.05) is 26.2 Å². The van der Waals surface area contributed by atoms with E-state index in [1.807, 2.05) is 24.3 Å². The summed E-state index contributed by atoms with van der Waals surface area (Å²) in [5.41, 5.74) is 2.16. The fraction of sp³-hybridized carbons (Fsp3) is 0.429. The first-order valence-electron chi connectivity index (χ1n) is 13.3. The van der Waals surface area contributed by atoms with E-state index in [0.717, 1.165) is 30.8 Å². The molecule has 12 nitrogen and oxygen atoms in total. The Hall–Kier alpha value is -4.00. The van der Waals surface area contributed by atoms with Crippen molar-refractivity contribution in [3.05, 3.63) is 65.2 Å². The maximum Gasteiger partial charge on any atom is 0.255 e. The van der Waals surface area contributed by atoms with Gasteiger partial charge in [-0.05, 0) is 23.3 Å². The van der Waals surface area contributed by atoms with E-state index in [4.69, 9.17) is 9.47 Å². The van der Waals surface area contributed by atoms with Crippen molar-refractivity contribution in [1.29, 1.82) is 0 Å². The zero-order valence-electron chi connectivity index (χ0n) is 22.2. The molecule has 4 amide bonds. The number of para-hydroxylation sites is 1. The summed E-state index contributed by atoms with van der Waals surface area (Å²) in [6, 6.07) is 11.9. The molecule has 2 heterocycles. The summed E-state index contributed by atoms with van der Waals surface area (Å²) in [5, 5.41) is 20.0. The highest BCUT2D eigenvalue weighted by atomic mass is 16.5. The molecule has 0 radical (unpaired) electrons. The van der Waals surface area contributed by atoms with E-state index in [-0.39, 0.29) is 31.0 Å². The van der Waals surface area contributed by atoms with Crippen LogP contribution in [0.4, 0.5) is 0 Å². The fourth-order valence-corrected chi connectivity index (χ4v) is 4.48. The molecule has 0 spiro atoms. The molecule has 0 saturated carbocycles. The lowest BCUT2D eigenvalue weighted by molar-refractivity contribution is -0.131. The molecule has 0 aliphatic carbocycles. The minimum atomic E-state index is -1.25. The van der Waals surface area contributed by atoms with E-state index in [1.165, 1.54) is 0 Å². The standard InChI is InChI=1S/C28H35N5O7/c34-18-23-28(38)29-8-11-40-24-7-2-1-6-21(24)26(36)32-22(15-25(35)31-23)27(37)30-16-19-4-3-5-20(14-19)17-33-9-12-39-13-10-33/h1-7,14,22-23,34H,8-13,15-18H2,(H,29,38)(H,30,37)(H,31,35)(H,32,36)/t22-,23-/m0/s1. The van der Waals surface area contributed by atoms with Gasteiger partial charge in [-0.1, -0.05) is 36.4 Å². The van der Waals surface area contributed by atoms with Crippen LogP contribution in [0, 0.1) is 0 Å². The summed E-state index contributed by atoms with van der Waals surface area (Å²) >= 11 is 0. The van der Waals surface area contributed by atoms with Crippen LogP contribution in [0.15, 0.2) is 48.5 Å². The summed E-state index contributed by atoms with van der Waals surface area (Å²) in [6.45, 7) is 3.60. The van der Waals surface area contributed by atoms with Gasteiger partial charge in [-0.15, -0.1) is 0 Å². The van der Waals surface area contributed by atoms with E-state index in [0.29, 0.717) is 13.2 Å². The van der Waals surface area contributed by atoms with Crippen LogP contribution >= 0.6 is 0 Å². The van der Waals surface area contributed by atoms with Gasteiger partial charge >= 0.3 is 0 Å². The number of nitrogens with one attached hydrogen (secondary N) is 4. The number of rotatable bonds is 6. The van der Waals surface area contributed by atoms with Gasteiger partial charge in [-0.3, -0.25) is 24.1 Å². The quantitative estimate of drug-likeness (QED) is 0.315. The molecule has 40 heavy (non-hydrogen) atoms. The van der Waals surface area contributed by atoms with Crippen LogP contribution in [0.2, 0.25) is 0 Å². The second-order valence-corrected chi connectivity index (χ2v) is 9.59. The van der Waals surface area contributed by atoms with E-state index < -0.39 is 48.7 Å². The molecule has 1 fully saturated rings. The number of carbonyl (C=O) groups excluding carboxylic acids is 4. The van der Waals surface area contributed by atoms with Crippen LogP contribution in [0.25, 0.3) is 0 Å². The number of morpholine rings is 1. The number of amides is 4. The van der Waals surface area contributed by atoms with Crippen LogP contribution in [-0.4, -0.2) is 91.8 Å². The van der Waals surface area contributed by atoms with E-state index >= 15 is 0 Å². The lowest BCUT2D eigenvalue weighted by atomic mass is 10.1. The molecule has 2 aromatic rings. The molecule has 2 aliphatic rings. The van der Waals surface area contributed by atoms with Crippen molar-refractivity contribution in [3.8, 4) is 5.75 Å². The highest BCUT2D eigenvalue weighted by molar-refractivity contribution is 6.01. The molecule has 2 atom stereocenters. The highest BCUT2D eigenvalue weighted by Crippen LogP contribution is 2.18. The van der Waals surface area contributed by atoms with Crippen LogP contribution in [0.3, 0.4) is 0 Å². The van der Waals surface area contributed by atoms with Crippen LogP contribution in [0.1, 0.15) is 27.9 Å². The Morgan fingerprint density at radius 2 is 1.77 bits per heavy atom. The van der Waals surface area contributed by atoms with E-state index in [9.17, 15) is 24.3 Å². The lowest BCUT2D eigenvalue weighted by Gasteiger charge is -2.26. The first-order valence-corrected chi connectivity index (χ1v) is 13.3. The Bertz CT molecular complexity index is 1200. The molecular weight excluding hydrogens is 518 g/mol. The zero-order chi connectivity index (χ0) is 28.3. The number of nitrogens with zero attached hydrogens (tertiary/aromatic N) is 1. The smallest absolute Gasteiger partial charge is 0.255 e.